The van der Waals surface area contributed by atoms with E-state index in [0.29, 0.717) is 0 Å². The number of H-pyrrole nitrogens is 1. The van der Waals surface area contributed by atoms with Crippen LogP contribution in [-0.2, 0) is 19.5 Å². The van der Waals surface area contributed by atoms with Gasteiger partial charge >= 0.3 is 0 Å². The summed E-state index contributed by atoms with van der Waals surface area (Å²) >= 11 is 0. The molecule has 0 fully saturated rings. The zero-order valence-corrected chi connectivity index (χ0v) is 15.7. The number of rotatable bonds is 3. The van der Waals surface area contributed by atoms with Gasteiger partial charge in [0.25, 0.3) is 0 Å². The van der Waals surface area contributed by atoms with Crippen molar-refractivity contribution >= 4 is 10.9 Å². The van der Waals surface area contributed by atoms with Crippen molar-refractivity contribution in [2.24, 2.45) is 0 Å². The first-order valence-corrected chi connectivity index (χ1v) is 9.55. The lowest BCUT2D eigenvalue weighted by Crippen LogP contribution is -2.31. The molecular formula is C23H21FN4. The second-order valence-electron chi connectivity index (χ2n) is 7.50. The lowest BCUT2D eigenvalue weighted by atomic mass is 10.0. The highest BCUT2D eigenvalue weighted by molar-refractivity contribution is 5.83. The molecule has 0 spiro atoms. The highest BCUT2D eigenvalue weighted by Gasteiger charge is 2.20. The average Bonchev–Trinajstić information content (AvgIpc) is 3.09. The first-order chi connectivity index (χ1) is 13.7. The fourth-order valence-electron chi connectivity index (χ4n) is 3.86. The molecule has 0 aliphatic carbocycles. The fourth-order valence-corrected chi connectivity index (χ4v) is 3.86. The topological polar surface area (TPSA) is 44.8 Å². The Hall–Kier alpha value is -3.05. The molecule has 28 heavy (non-hydrogen) atoms. The number of aromatic amines is 1. The van der Waals surface area contributed by atoms with Gasteiger partial charge in [0.1, 0.15) is 5.82 Å². The number of halogens is 1. The van der Waals surface area contributed by atoms with Crippen LogP contribution in [-0.4, -0.2) is 26.4 Å². The molecule has 0 radical (unpaired) electrons. The summed E-state index contributed by atoms with van der Waals surface area (Å²) in [5.74, 6) is 0.566. The van der Waals surface area contributed by atoms with Crippen LogP contribution in [0.25, 0.3) is 22.3 Å². The number of nitrogens with zero attached hydrogens (tertiary/aromatic N) is 3. The van der Waals surface area contributed by atoms with E-state index < -0.39 is 0 Å². The van der Waals surface area contributed by atoms with E-state index in [-0.39, 0.29) is 5.82 Å². The third kappa shape index (κ3) is 3.18. The number of hydrogen-bond acceptors (Lipinski definition) is 3. The van der Waals surface area contributed by atoms with E-state index >= 15 is 0 Å². The van der Waals surface area contributed by atoms with E-state index in [1.165, 1.54) is 22.8 Å². The summed E-state index contributed by atoms with van der Waals surface area (Å²) in [6.07, 6.45) is 4.90. The lowest BCUT2D eigenvalue weighted by molar-refractivity contribution is 0.242. The van der Waals surface area contributed by atoms with Gasteiger partial charge in [-0.25, -0.2) is 14.4 Å². The van der Waals surface area contributed by atoms with Crippen LogP contribution in [0.3, 0.4) is 0 Å². The fraction of sp³-hybridized carbons (Fsp3) is 0.217. The summed E-state index contributed by atoms with van der Waals surface area (Å²) in [4.78, 5) is 15.0. The van der Waals surface area contributed by atoms with Crippen LogP contribution in [0, 0.1) is 12.7 Å². The molecule has 0 amide bonds. The molecular weight excluding hydrogens is 351 g/mol. The Morgan fingerprint density at radius 1 is 1.14 bits per heavy atom. The minimum Gasteiger partial charge on any atom is -0.361 e. The van der Waals surface area contributed by atoms with Gasteiger partial charge in [-0.2, -0.15) is 0 Å². The molecule has 140 valence electrons. The van der Waals surface area contributed by atoms with Crippen molar-refractivity contribution in [3.8, 4) is 11.4 Å². The predicted octanol–water partition coefficient (Wildman–Crippen LogP) is 4.63. The van der Waals surface area contributed by atoms with Gasteiger partial charge in [-0.05, 0) is 42.7 Å². The van der Waals surface area contributed by atoms with Gasteiger partial charge in [0.2, 0.25) is 0 Å². The number of fused-ring (bicyclic) bond motifs is 2. The Bertz CT molecular complexity index is 1150. The highest BCUT2D eigenvalue weighted by Crippen LogP contribution is 2.25. The van der Waals surface area contributed by atoms with Crippen LogP contribution in [0.2, 0.25) is 0 Å². The first-order valence-electron chi connectivity index (χ1n) is 9.55. The molecule has 3 heterocycles. The van der Waals surface area contributed by atoms with Gasteiger partial charge in [0.15, 0.2) is 5.82 Å². The van der Waals surface area contributed by atoms with E-state index in [4.69, 9.17) is 4.98 Å². The van der Waals surface area contributed by atoms with E-state index in [1.54, 1.807) is 6.07 Å². The molecule has 0 unspecified atom stereocenters. The van der Waals surface area contributed by atoms with Gasteiger partial charge < -0.3 is 4.98 Å². The molecule has 5 rings (SSSR count). The van der Waals surface area contributed by atoms with Crippen LogP contribution >= 0.6 is 0 Å². The molecule has 0 saturated heterocycles. The van der Waals surface area contributed by atoms with Crippen molar-refractivity contribution in [3.63, 3.8) is 0 Å². The molecule has 4 aromatic rings. The molecule has 5 heteroatoms. The Labute approximate surface area is 163 Å². The first kappa shape index (κ1) is 17.1. The van der Waals surface area contributed by atoms with Crippen molar-refractivity contribution in [1.29, 1.82) is 0 Å². The lowest BCUT2D eigenvalue weighted by Gasteiger charge is -2.27. The van der Waals surface area contributed by atoms with Gasteiger partial charge in [0.05, 0.1) is 5.69 Å². The largest absolute Gasteiger partial charge is 0.361 e. The maximum atomic E-state index is 13.4. The summed E-state index contributed by atoms with van der Waals surface area (Å²) in [6.45, 7) is 4.65. The van der Waals surface area contributed by atoms with Crippen molar-refractivity contribution < 1.29 is 4.39 Å². The SMILES string of the molecule is Cc1ccc(-c2ncc3c(n2)CN(Cc2c[nH]c4cc(F)ccc24)CC3)cc1. The molecule has 2 aromatic carbocycles. The normalized spacial score (nSPS) is 14.4. The molecule has 0 atom stereocenters. The number of aromatic nitrogens is 3. The number of nitrogens with one attached hydrogen (secondary N) is 1. The monoisotopic (exact) mass is 372 g/mol. The molecule has 2 aromatic heterocycles. The Balaban J connectivity index is 1.39. The van der Waals surface area contributed by atoms with Gasteiger partial charge in [-0.1, -0.05) is 29.8 Å². The van der Waals surface area contributed by atoms with E-state index in [1.807, 2.05) is 18.5 Å². The molecule has 0 bridgehead atoms. The van der Waals surface area contributed by atoms with Gasteiger partial charge in [-0.15, -0.1) is 0 Å². The minimum absolute atomic E-state index is 0.215. The number of benzene rings is 2. The number of aryl methyl sites for hydroxylation is 1. The van der Waals surface area contributed by atoms with E-state index in [9.17, 15) is 4.39 Å². The minimum atomic E-state index is -0.215. The maximum Gasteiger partial charge on any atom is 0.159 e. The Morgan fingerprint density at radius 3 is 2.86 bits per heavy atom. The van der Waals surface area contributed by atoms with Crippen molar-refractivity contribution in [2.45, 2.75) is 26.4 Å². The Kier molecular flexibility index (Phi) is 4.17. The van der Waals surface area contributed by atoms with Gasteiger partial charge in [0, 0.05) is 48.5 Å². The third-order valence-electron chi connectivity index (χ3n) is 5.46. The van der Waals surface area contributed by atoms with Crippen molar-refractivity contribution in [3.05, 3.63) is 83.1 Å². The molecule has 1 N–H and O–H groups in total. The summed E-state index contributed by atoms with van der Waals surface area (Å²) in [5.41, 5.74) is 6.63. The standard InChI is InChI=1S/C23H21FN4/c1-15-2-4-16(5-3-15)23-26-11-17-8-9-28(14-22(17)27-23)13-18-12-25-21-10-19(24)6-7-20(18)21/h2-7,10-12,25H,8-9,13-14H2,1H3. The molecule has 4 nitrogen and oxygen atoms in total. The summed E-state index contributed by atoms with van der Waals surface area (Å²) in [6, 6.07) is 13.2. The van der Waals surface area contributed by atoms with Crippen LogP contribution in [0.1, 0.15) is 22.4 Å². The summed E-state index contributed by atoms with van der Waals surface area (Å²) in [5, 5.41) is 1.08. The van der Waals surface area contributed by atoms with Crippen LogP contribution < -0.4 is 0 Å². The smallest absolute Gasteiger partial charge is 0.159 e. The quantitative estimate of drug-likeness (QED) is 0.570. The average molecular weight is 372 g/mol. The van der Waals surface area contributed by atoms with Crippen LogP contribution in [0.4, 0.5) is 4.39 Å². The second kappa shape index (κ2) is 6.84. The number of hydrogen-bond donors (Lipinski definition) is 1. The predicted molar refractivity (Wildman–Crippen MR) is 108 cm³/mol. The second-order valence-corrected chi connectivity index (χ2v) is 7.50. The summed E-state index contributed by atoms with van der Waals surface area (Å²) in [7, 11) is 0. The highest BCUT2D eigenvalue weighted by atomic mass is 19.1. The van der Waals surface area contributed by atoms with Crippen LogP contribution in [0.5, 0.6) is 0 Å². The van der Waals surface area contributed by atoms with Gasteiger partial charge in [-0.3, -0.25) is 4.90 Å². The zero-order valence-electron chi connectivity index (χ0n) is 15.7. The molecule has 1 aliphatic heterocycles. The molecule has 1 aliphatic rings. The third-order valence-corrected chi connectivity index (χ3v) is 5.46. The Morgan fingerprint density at radius 2 is 2.00 bits per heavy atom. The van der Waals surface area contributed by atoms with E-state index in [0.717, 1.165) is 54.0 Å². The molecule has 0 saturated carbocycles. The van der Waals surface area contributed by atoms with E-state index in [2.05, 4.69) is 46.1 Å². The summed E-state index contributed by atoms with van der Waals surface area (Å²) < 4.78 is 13.4. The maximum absolute atomic E-state index is 13.4. The van der Waals surface area contributed by atoms with Crippen molar-refractivity contribution in [1.82, 2.24) is 19.9 Å². The van der Waals surface area contributed by atoms with Crippen molar-refractivity contribution in [2.75, 3.05) is 6.54 Å². The zero-order chi connectivity index (χ0) is 19.1. The van der Waals surface area contributed by atoms with Crippen LogP contribution in [0.15, 0.2) is 54.9 Å².